The molecule has 3 heteroatoms. The average Bonchev–Trinajstić information content (AvgIpc) is 3.04. The van der Waals surface area contributed by atoms with Gasteiger partial charge in [0.15, 0.2) is 5.17 Å². The molecule has 2 aromatic carbocycles. The number of benzene rings is 2. The standard InChI is InChI=1S/C19H18N2S/c1-14-18(16-10-6-3-7-11-16)21-13-17(20-19(21)22-14)12-15-8-4-2-5-9-15/h2-11,17H,12-13H2,1H3/t17-/m0/s1. The Balaban J connectivity index is 1.56. The number of nitrogens with zero attached hydrogens (tertiary/aromatic N) is 2. The van der Waals surface area contributed by atoms with Crippen molar-refractivity contribution < 1.29 is 0 Å². The van der Waals surface area contributed by atoms with Crippen molar-refractivity contribution >= 4 is 22.6 Å². The Hall–Kier alpha value is -2.00. The highest BCUT2D eigenvalue weighted by molar-refractivity contribution is 8.17. The molecule has 0 amide bonds. The van der Waals surface area contributed by atoms with Gasteiger partial charge in [-0.2, -0.15) is 0 Å². The van der Waals surface area contributed by atoms with Crippen molar-refractivity contribution in [2.45, 2.75) is 19.4 Å². The molecule has 4 rings (SSSR count). The van der Waals surface area contributed by atoms with Crippen molar-refractivity contribution in [3.63, 3.8) is 0 Å². The molecule has 0 aliphatic carbocycles. The van der Waals surface area contributed by atoms with Crippen LogP contribution in [0.3, 0.4) is 0 Å². The maximum Gasteiger partial charge on any atom is 0.168 e. The van der Waals surface area contributed by atoms with Gasteiger partial charge in [-0.1, -0.05) is 72.4 Å². The molecule has 0 bridgehead atoms. The van der Waals surface area contributed by atoms with E-state index < -0.39 is 0 Å². The number of allylic oxidation sites excluding steroid dienone is 1. The highest BCUT2D eigenvalue weighted by atomic mass is 32.2. The number of rotatable bonds is 3. The molecule has 1 atom stereocenters. The van der Waals surface area contributed by atoms with Gasteiger partial charge in [0, 0.05) is 11.4 Å². The largest absolute Gasteiger partial charge is 0.317 e. The zero-order valence-corrected chi connectivity index (χ0v) is 13.4. The second-order valence-electron chi connectivity index (χ2n) is 5.74. The third kappa shape index (κ3) is 2.46. The van der Waals surface area contributed by atoms with Crippen LogP contribution in [-0.4, -0.2) is 22.7 Å². The van der Waals surface area contributed by atoms with Crippen LogP contribution in [-0.2, 0) is 6.42 Å². The Morgan fingerprint density at radius 2 is 1.73 bits per heavy atom. The molecule has 2 heterocycles. The van der Waals surface area contributed by atoms with E-state index in [9.17, 15) is 0 Å². The molecule has 2 aliphatic heterocycles. The number of amidine groups is 1. The molecule has 0 unspecified atom stereocenters. The lowest BCUT2D eigenvalue weighted by Crippen LogP contribution is -2.24. The molecule has 0 N–H and O–H groups in total. The molecule has 0 saturated carbocycles. The minimum absolute atomic E-state index is 0.358. The summed E-state index contributed by atoms with van der Waals surface area (Å²) in [4.78, 5) is 8.68. The lowest BCUT2D eigenvalue weighted by atomic mass is 10.1. The highest BCUT2D eigenvalue weighted by Crippen LogP contribution is 2.42. The molecule has 2 aromatic rings. The quantitative estimate of drug-likeness (QED) is 0.835. The lowest BCUT2D eigenvalue weighted by Gasteiger charge is -2.19. The summed E-state index contributed by atoms with van der Waals surface area (Å²) in [5, 5.41) is 1.16. The second-order valence-corrected chi connectivity index (χ2v) is 6.92. The Morgan fingerprint density at radius 1 is 1.05 bits per heavy atom. The Labute approximate surface area is 135 Å². The maximum absolute atomic E-state index is 4.94. The van der Waals surface area contributed by atoms with Crippen molar-refractivity contribution in [3.05, 3.63) is 76.7 Å². The van der Waals surface area contributed by atoms with Gasteiger partial charge in [0.25, 0.3) is 0 Å². The SMILES string of the molecule is CC1=C(c2ccccc2)N2C[C@H](Cc3ccccc3)N=C2S1. The first-order valence-corrected chi connectivity index (χ1v) is 8.46. The molecule has 2 aliphatic rings. The van der Waals surface area contributed by atoms with Crippen LogP contribution in [0.25, 0.3) is 5.70 Å². The summed E-state index contributed by atoms with van der Waals surface area (Å²) in [6, 6.07) is 21.7. The average molecular weight is 306 g/mol. The van der Waals surface area contributed by atoms with Crippen molar-refractivity contribution in [2.75, 3.05) is 6.54 Å². The van der Waals surface area contributed by atoms with Gasteiger partial charge in [0.2, 0.25) is 0 Å². The van der Waals surface area contributed by atoms with E-state index in [2.05, 4.69) is 72.5 Å². The fourth-order valence-corrected chi connectivity index (χ4v) is 4.23. The van der Waals surface area contributed by atoms with Gasteiger partial charge < -0.3 is 4.90 Å². The molecular weight excluding hydrogens is 288 g/mol. The molecule has 0 saturated heterocycles. The number of hydrogen-bond donors (Lipinski definition) is 0. The van der Waals surface area contributed by atoms with Crippen molar-refractivity contribution in [1.82, 2.24) is 4.90 Å². The summed E-state index contributed by atoms with van der Waals surface area (Å²) in [7, 11) is 0. The first-order chi connectivity index (χ1) is 10.8. The summed E-state index contributed by atoms with van der Waals surface area (Å²) in [6.45, 7) is 3.18. The summed E-state index contributed by atoms with van der Waals surface area (Å²) < 4.78 is 0. The summed E-state index contributed by atoms with van der Waals surface area (Å²) >= 11 is 1.81. The minimum atomic E-state index is 0.358. The molecule has 0 spiro atoms. The molecule has 0 aromatic heterocycles. The van der Waals surface area contributed by atoms with Crippen LogP contribution in [0.2, 0.25) is 0 Å². The lowest BCUT2D eigenvalue weighted by molar-refractivity contribution is 0.556. The first-order valence-electron chi connectivity index (χ1n) is 7.64. The number of hydrogen-bond acceptors (Lipinski definition) is 3. The smallest absolute Gasteiger partial charge is 0.168 e. The number of aliphatic imine (C=N–C) groups is 1. The molecule has 2 nitrogen and oxygen atoms in total. The summed E-state index contributed by atoms with van der Waals surface area (Å²) in [6.07, 6.45) is 1.02. The fraction of sp³-hybridized carbons (Fsp3) is 0.211. The Bertz CT molecular complexity index is 735. The van der Waals surface area contributed by atoms with E-state index in [1.165, 1.54) is 21.7 Å². The Morgan fingerprint density at radius 3 is 2.45 bits per heavy atom. The maximum atomic E-state index is 4.94. The summed E-state index contributed by atoms with van der Waals surface area (Å²) in [5.41, 5.74) is 3.99. The van der Waals surface area contributed by atoms with E-state index in [0.29, 0.717) is 6.04 Å². The fourth-order valence-electron chi connectivity index (χ4n) is 3.15. The zero-order chi connectivity index (χ0) is 14.9. The number of thioether (sulfide) groups is 1. The molecule has 22 heavy (non-hydrogen) atoms. The van der Waals surface area contributed by atoms with E-state index in [1.54, 1.807) is 0 Å². The first kappa shape index (κ1) is 13.6. The van der Waals surface area contributed by atoms with E-state index in [1.807, 2.05) is 11.8 Å². The molecule has 0 radical (unpaired) electrons. The van der Waals surface area contributed by atoms with Crippen LogP contribution in [0.1, 0.15) is 18.1 Å². The summed E-state index contributed by atoms with van der Waals surface area (Å²) in [5.74, 6) is 0. The topological polar surface area (TPSA) is 15.6 Å². The van der Waals surface area contributed by atoms with Gasteiger partial charge in [-0.15, -0.1) is 0 Å². The van der Waals surface area contributed by atoms with Gasteiger partial charge in [-0.25, -0.2) is 0 Å². The molecule has 110 valence electrons. The van der Waals surface area contributed by atoms with Crippen molar-refractivity contribution in [3.8, 4) is 0 Å². The van der Waals surface area contributed by atoms with Gasteiger partial charge in [-0.3, -0.25) is 4.99 Å². The second kappa shape index (κ2) is 5.65. The van der Waals surface area contributed by atoms with Crippen molar-refractivity contribution in [1.29, 1.82) is 0 Å². The minimum Gasteiger partial charge on any atom is -0.317 e. The van der Waals surface area contributed by atoms with Gasteiger partial charge in [0.1, 0.15) is 0 Å². The predicted molar refractivity (Wildman–Crippen MR) is 94.7 cm³/mol. The highest BCUT2D eigenvalue weighted by Gasteiger charge is 2.35. The predicted octanol–water partition coefficient (Wildman–Crippen LogP) is 4.40. The van der Waals surface area contributed by atoms with E-state index in [0.717, 1.165) is 18.1 Å². The third-order valence-corrected chi connectivity index (χ3v) is 5.13. The van der Waals surface area contributed by atoms with Gasteiger partial charge >= 0.3 is 0 Å². The number of fused-ring (bicyclic) bond motifs is 1. The van der Waals surface area contributed by atoms with Crippen LogP contribution in [0.15, 0.2) is 70.6 Å². The van der Waals surface area contributed by atoms with E-state index in [4.69, 9.17) is 4.99 Å². The van der Waals surface area contributed by atoms with E-state index in [-0.39, 0.29) is 0 Å². The van der Waals surface area contributed by atoms with Crippen LogP contribution >= 0.6 is 11.8 Å². The van der Waals surface area contributed by atoms with Crippen LogP contribution in [0.5, 0.6) is 0 Å². The van der Waals surface area contributed by atoms with Crippen LogP contribution < -0.4 is 0 Å². The monoisotopic (exact) mass is 306 g/mol. The van der Waals surface area contributed by atoms with Crippen molar-refractivity contribution in [2.24, 2.45) is 4.99 Å². The van der Waals surface area contributed by atoms with Gasteiger partial charge in [-0.05, 0) is 24.5 Å². The van der Waals surface area contributed by atoms with E-state index >= 15 is 0 Å². The van der Waals surface area contributed by atoms with Crippen LogP contribution in [0.4, 0.5) is 0 Å². The third-order valence-electron chi connectivity index (χ3n) is 4.13. The molecular formula is C19H18N2S. The zero-order valence-electron chi connectivity index (χ0n) is 12.6. The molecule has 0 fully saturated rings. The normalized spacial score (nSPS) is 20.3. The van der Waals surface area contributed by atoms with Gasteiger partial charge in [0.05, 0.1) is 11.7 Å². The Kier molecular flexibility index (Phi) is 3.51. The van der Waals surface area contributed by atoms with Crippen LogP contribution in [0, 0.1) is 0 Å².